The van der Waals surface area contributed by atoms with Crippen LogP contribution in [0.4, 0.5) is 15.8 Å². The Morgan fingerprint density at radius 3 is 2.26 bits per heavy atom. The number of nitrogens with one attached hydrogen (secondary N) is 2. The summed E-state index contributed by atoms with van der Waals surface area (Å²) >= 11 is 5.83. The first-order chi connectivity index (χ1) is 11.0. The van der Waals surface area contributed by atoms with Crippen LogP contribution < -0.4 is 10.6 Å². The van der Waals surface area contributed by atoms with E-state index in [2.05, 4.69) is 10.6 Å². The standard InChI is InChI=1S/C16H11ClFN3O2/c17-12-2-1-3-13(18)15(12)16(23)21-11-6-4-10(5-7-11)20-14(22)8-9-19/h1-7H,8H2,(H,20,22)(H,21,23). The van der Waals surface area contributed by atoms with Crippen LogP contribution in [0, 0.1) is 17.1 Å². The largest absolute Gasteiger partial charge is 0.325 e. The predicted molar refractivity (Wildman–Crippen MR) is 84.7 cm³/mol. The van der Waals surface area contributed by atoms with Crippen molar-refractivity contribution in [2.24, 2.45) is 0 Å². The van der Waals surface area contributed by atoms with Gasteiger partial charge in [0, 0.05) is 11.4 Å². The fourth-order valence-corrected chi connectivity index (χ4v) is 2.07. The molecule has 2 amide bonds. The molecule has 0 unspecified atom stereocenters. The monoisotopic (exact) mass is 331 g/mol. The summed E-state index contributed by atoms with van der Waals surface area (Å²) in [6, 6.07) is 11.9. The summed E-state index contributed by atoms with van der Waals surface area (Å²) in [5.41, 5.74) is 0.653. The minimum Gasteiger partial charge on any atom is -0.325 e. The van der Waals surface area contributed by atoms with E-state index < -0.39 is 17.6 Å². The first kappa shape index (κ1) is 16.5. The van der Waals surface area contributed by atoms with Crippen molar-refractivity contribution in [2.75, 3.05) is 10.6 Å². The van der Waals surface area contributed by atoms with Gasteiger partial charge in [0.15, 0.2) is 0 Å². The first-order valence-corrected chi connectivity index (χ1v) is 6.91. The maximum Gasteiger partial charge on any atom is 0.260 e. The normalized spacial score (nSPS) is 9.78. The van der Waals surface area contributed by atoms with Gasteiger partial charge in [-0.05, 0) is 36.4 Å². The summed E-state index contributed by atoms with van der Waals surface area (Å²) in [4.78, 5) is 23.3. The number of amides is 2. The summed E-state index contributed by atoms with van der Waals surface area (Å²) < 4.78 is 13.7. The van der Waals surface area contributed by atoms with Crippen LogP contribution in [-0.4, -0.2) is 11.8 Å². The van der Waals surface area contributed by atoms with Gasteiger partial charge in [-0.2, -0.15) is 5.26 Å². The lowest BCUT2D eigenvalue weighted by molar-refractivity contribution is -0.115. The third kappa shape index (κ3) is 4.28. The maximum absolute atomic E-state index is 13.7. The Hall–Kier alpha value is -2.91. The third-order valence-electron chi connectivity index (χ3n) is 2.86. The van der Waals surface area contributed by atoms with Gasteiger partial charge < -0.3 is 10.6 Å². The SMILES string of the molecule is N#CCC(=O)Nc1ccc(NC(=O)c2c(F)cccc2Cl)cc1. The van der Waals surface area contributed by atoms with Crippen molar-refractivity contribution in [1.29, 1.82) is 5.26 Å². The molecular formula is C16H11ClFN3O2. The van der Waals surface area contributed by atoms with E-state index in [1.54, 1.807) is 18.2 Å². The van der Waals surface area contributed by atoms with E-state index >= 15 is 0 Å². The molecule has 2 N–H and O–H groups in total. The van der Waals surface area contributed by atoms with Crippen LogP contribution in [0.1, 0.15) is 16.8 Å². The van der Waals surface area contributed by atoms with Gasteiger partial charge in [0.2, 0.25) is 5.91 Å². The summed E-state index contributed by atoms with van der Waals surface area (Å²) in [6.45, 7) is 0. The summed E-state index contributed by atoms with van der Waals surface area (Å²) in [5.74, 6) is -1.81. The molecule has 0 aliphatic heterocycles. The molecule has 116 valence electrons. The Balaban J connectivity index is 2.08. The van der Waals surface area contributed by atoms with Crippen LogP contribution in [0.15, 0.2) is 42.5 Å². The number of nitrogens with zero attached hydrogens (tertiary/aromatic N) is 1. The lowest BCUT2D eigenvalue weighted by atomic mass is 10.2. The molecule has 0 aromatic heterocycles. The summed E-state index contributed by atoms with van der Waals surface area (Å²) in [5, 5.41) is 13.5. The number of rotatable bonds is 4. The number of nitriles is 1. The molecule has 0 heterocycles. The van der Waals surface area contributed by atoms with E-state index in [1.165, 1.54) is 24.3 Å². The second-order valence-electron chi connectivity index (χ2n) is 4.51. The molecular weight excluding hydrogens is 321 g/mol. The van der Waals surface area contributed by atoms with Gasteiger partial charge in [-0.3, -0.25) is 9.59 Å². The minimum absolute atomic E-state index is 0.0166. The number of carbonyl (C=O) groups is 2. The van der Waals surface area contributed by atoms with E-state index in [0.717, 1.165) is 6.07 Å². The van der Waals surface area contributed by atoms with Crippen molar-refractivity contribution in [1.82, 2.24) is 0 Å². The lowest BCUT2D eigenvalue weighted by Crippen LogP contribution is -2.14. The Bertz CT molecular complexity index is 765. The number of carbonyl (C=O) groups excluding carboxylic acids is 2. The van der Waals surface area contributed by atoms with Gasteiger partial charge >= 0.3 is 0 Å². The molecule has 2 aromatic rings. The topological polar surface area (TPSA) is 82.0 Å². The Labute approximate surface area is 136 Å². The van der Waals surface area contributed by atoms with Crippen LogP contribution in [-0.2, 0) is 4.79 Å². The Kier molecular flexibility index (Phi) is 5.28. The van der Waals surface area contributed by atoms with Gasteiger partial charge in [-0.25, -0.2) is 4.39 Å². The van der Waals surface area contributed by atoms with Gasteiger partial charge in [-0.15, -0.1) is 0 Å². The third-order valence-corrected chi connectivity index (χ3v) is 3.17. The van der Waals surface area contributed by atoms with Gasteiger partial charge in [0.05, 0.1) is 16.7 Å². The highest BCUT2D eigenvalue weighted by atomic mass is 35.5. The van der Waals surface area contributed by atoms with Crippen molar-refractivity contribution in [3.63, 3.8) is 0 Å². The molecule has 0 aliphatic rings. The molecule has 2 aromatic carbocycles. The average Bonchev–Trinajstić information content (AvgIpc) is 2.49. The number of halogens is 2. The zero-order valence-electron chi connectivity index (χ0n) is 11.8. The number of hydrogen-bond donors (Lipinski definition) is 2. The second kappa shape index (κ2) is 7.38. The van der Waals surface area contributed by atoms with Crippen LogP contribution in [0.5, 0.6) is 0 Å². The van der Waals surface area contributed by atoms with E-state index in [9.17, 15) is 14.0 Å². The molecule has 0 saturated heterocycles. The van der Waals surface area contributed by atoms with E-state index in [1.807, 2.05) is 0 Å². The van der Waals surface area contributed by atoms with Crippen LogP contribution in [0.3, 0.4) is 0 Å². The molecule has 0 atom stereocenters. The lowest BCUT2D eigenvalue weighted by Gasteiger charge is -2.09. The number of benzene rings is 2. The molecule has 0 spiro atoms. The van der Waals surface area contributed by atoms with Crippen LogP contribution in [0.25, 0.3) is 0 Å². The van der Waals surface area contributed by atoms with Gasteiger partial charge in [0.1, 0.15) is 12.2 Å². The predicted octanol–water partition coefficient (Wildman–Crippen LogP) is 3.58. The fraction of sp³-hybridized carbons (Fsp3) is 0.0625. The van der Waals surface area contributed by atoms with Crippen molar-refractivity contribution < 1.29 is 14.0 Å². The number of hydrogen-bond acceptors (Lipinski definition) is 3. The van der Waals surface area contributed by atoms with E-state index in [4.69, 9.17) is 16.9 Å². The van der Waals surface area contributed by atoms with Gasteiger partial charge in [0.25, 0.3) is 5.91 Å². The fourth-order valence-electron chi connectivity index (χ4n) is 1.82. The highest BCUT2D eigenvalue weighted by molar-refractivity contribution is 6.34. The second-order valence-corrected chi connectivity index (χ2v) is 4.92. The smallest absolute Gasteiger partial charge is 0.260 e. The van der Waals surface area contributed by atoms with Crippen molar-refractivity contribution in [3.05, 3.63) is 58.9 Å². The Morgan fingerprint density at radius 2 is 1.70 bits per heavy atom. The molecule has 23 heavy (non-hydrogen) atoms. The van der Waals surface area contributed by atoms with Gasteiger partial charge in [-0.1, -0.05) is 17.7 Å². The zero-order valence-corrected chi connectivity index (χ0v) is 12.5. The molecule has 0 aliphatic carbocycles. The Morgan fingerprint density at radius 1 is 1.09 bits per heavy atom. The average molecular weight is 332 g/mol. The molecule has 0 fully saturated rings. The summed E-state index contributed by atoms with van der Waals surface area (Å²) in [7, 11) is 0. The molecule has 5 nitrogen and oxygen atoms in total. The van der Waals surface area contributed by atoms with E-state index in [-0.39, 0.29) is 17.0 Å². The minimum atomic E-state index is -0.713. The molecule has 2 rings (SSSR count). The van der Waals surface area contributed by atoms with Crippen molar-refractivity contribution in [2.45, 2.75) is 6.42 Å². The first-order valence-electron chi connectivity index (χ1n) is 6.53. The highest BCUT2D eigenvalue weighted by Gasteiger charge is 2.15. The van der Waals surface area contributed by atoms with Crippen molar-refractivity contribution in [3.8, 4) is 6.07 Å². The molecule has 7 heteroatoms. The molecule has 0 bridgehead atoms. The number of anilines is 2. The maximum atomic E-state index is 13.7. The molecule has 0 saturated carbocycles. The zero-order chi connectivity index (χ0) is 16.8. The molecule has 0 radical (unpaired) electrons. The highest BCUT2D eigenvalue weighted by Crippen LogP contribution is 2.21. The quantitative estimate of drug-likeness (QED) is 0.898. The van der Waals surface area contributed by atoms with Crippen LogP contribution >= 0.6 is 11.6 Å². The van der Waals surface area contributed by atoms with E-state index in [0.29, 0.717) is 11.4 Å². The summed E-state index contributed by atoms with van der Waals surface area (Å²) in [6.07, 6.45) is -0.246. The van der Waals surface area contributed by atoms with Crippen molar-refractivity contribution >= 4 is 34.8 Å². The van der Waals surface area contributed by atoms with Crippen LogP contribution in [0.2, 0.25) is 5.02 Å².